The molecule has 3 rings (SSSR count). The van der Waals surface area contributed by atoms with Crippen LogP contribution >= 0.6 is 0 Å². The molecule has 2 heterocycles. The van der Waals surface area contributed by atoms with Gasteiger partial charge in [0.2, 0.25) is 0 Å². The van der Waals surface area contributed by atoms with Gasteiger partial charge in [0.15, 0.2) is 0 Å². The quantitative estimate of drug-likeness (QED) is 0.924. The second-order valence-electron chi connectivity index (χ2n) is 5.99. The van der Waals surface area contributed by atoms with Crippen molar-refractivity contribution in [3.05, 3.63) is 53.9 Å². The zero-order valence-electron chi connectivity index (χ0n) is 12.0. The SMILES string of the molecule is Cc1cnn(C2CN(CC(C)(O)c3ccccc3)C2)c1. The molecule has 0 amide bonds. The van der Waals surface area contributed by atoms with Crippen LogP contribution in [0.15, 0.2) is 42.7 Å². The third-order valence-corrected chi connectivity index (χ3v) is 3.97. The Morgan fingerprint density at radius 2 is 2.00 bits per heavy atom. The lowest BCUT2D eigenvalue weighted by Gasteiger charge is -2.42. The molecule has 1 aliphatic rings. The van der Waals surface area contributed by atoms with Crippen molar-refractivity contribution in [2.24, 2.45) is 0 Å². The average molecular weight is 271 g/mol. The Balaban J connectivity index is 1.58. The van der Waals surface area contributed by atoms with Crippen LogP contribution in [-0.4, -0.2) is 39.4 Å². The van der Waals surface area contributed by atoms with Crippen LogP contribution in [0.1, 0.15) is 24.1 Å². The van der Waals surface area contributed by atoms with E-state index in [0.29, 0.717) is 12.6 Å². The molecule has 1 unspecified atom stereocenters. The van der Waals surface area contributed by atoms with Gasteiger partial charge in [-0.05, 0) is 25.0 Å². The number of aliphatic hydroxyl groups is 1. The van der Waals surface area contributed by atoms with E-state index in [-0.39, 0.29) is 0 Å². The first-order chi connectivity index (χ1) is 9.54. The van der Waals surface area contributed by atoms with Gasteiger partial charge in [0.05, 0.1) is 17.8 Å². The van der Waals surface area contributed by atoms with Gasteiger partial charge in [0.25, 0.3) is 0 Å². The first-order valence-electron chi connectivity index (χ1n) is 7.05. The van der Waals surface area contributed by atoms with Crippen molar-refractivity contribution >= 4 is 0 Å². The summed E-state index contributed by atoms with van der Waals surface area (Å²) in [6, 6.07) is 10.3. The fraction of sp³-hybridized carbons (Fsp3) is 0.438. The first-order valence-corrected chi connectivity index (χ1v) is 7.05. The summed E-state index contributed by atoms with van der Waals surface area (Å²) in [7, 11) is 0. The number of aryl methyl sites for hydroxylation is 1. The number of hydrogen-bond acceptors (Lipinski definition) is 3. The Bertz CT molecular complexity index is 570. The van der Waals surface area contributed by atoms with Crippen molar-refractivity contribution in [1.29, 1.82) is 0 Å². The Morgan fingerprint density at radius 3 is 2.60 bits per heavy atom. The second-order valence-corrected chi connectivity index (χ2v) is 5.99. The minimum atomic E-state index is -0.799. The van der Waals surface area contributed by atoms with Gasteiger partial charge in [0.1, 0.15) is 0 Å². The molecule has 1 fully saturated rings. The van der Waals surface area contributed by atoms with Gasteiger partial charge in [-0.2, -0.15) is 5.10 Å². The molecule has 1 aliphatic heterocycles. The van der Waals surface area contributed by atoms with E-state index in [2.05, 4.69) is 23.1 Å². The van der Waals surface area contributed by atoms with Crippen LogP contribution in [0.4, 0.5) is 0 Å². The van der Waals surface area contributed by atoms with Crippen molar-refractivity contribution < 1.29 is 5.11 Å². The Morgan fingerprint density at radius 1 is 1.30 bits per heavy atom. The Kier molecular flexibility index (Phi) is 3.36. The average Bonchev–Trinajstić information content (AvgIpc) is 2.81. The zero-order valence-corrected chi connectivity index (χ0v) is 12.0. The summed E-state index contributed by atoms with van der Waals surface area (Å²) in [6.07, 6.45) is 3.97. The molecule has 0 aliphatic carbocycles. The number of nitrogens with zero attached hydrogens (tertiary/aromatic N) is 3. The molecule has 1 aromatic carbocycles. The lowest BCUT2D eigenvalue weighted by Crippen LogP contribution is -2.52. The predicted octanol–water partition coefficient (Wildman–Crippen LogP) is 1.96. The van der Waals surface area contributed by atoms with E-state index in [1.54, 1.807) is 0 Å². The highest BCUT2D eigenvalue weighted by Crippen LogP contribution is 2.27. The highest BCUT2D eigenvalue weighted by molar-refractivity contribution is 5.22. The standard InChI is InChI=1S/C16H21N3O/c1-13-8-17-19(9-13)15-10-18(11-15)12-16(2,20)14-6-4-3-5-7-14/h3-9,15,20H,10-12H2,1-2H3. The molecule has 106 valence electrons. The smallest absolute Gasteiger partial charge is 0.0994 e. The third-order valence-electron chi connectivity index (χ3n) is 3.97. The summed E-state index contributed by atoms with van der Waals surface area (Å²) in [6.45, 7) is 6.50. The Labute approximate surface area is 119 Å². The zero-order chi connectivity index (χ0) is 14.2. The maximum absolute atomic E-state index is 10.6. The van der Waals surface area contributed by atoms with Crippen molar-refractivity contribution in [2.75, 3.05) is 19.6 Å². The van der Waals surface area contributed by atoms with E-state index in [9.17, 15) is 5.11 Å². The van der Waals surface area contributed by atoms with Gasteiger partial charge in [-0.15, -0.1) is 0 Å². The molecule has 0 spiro atoms. The number of β-amino-alcohol motifs (C(OH)–C–C–N with tert-alkyl or cyclic N) is 1. The van der Waals surface area contributed by atoms with Crippen LogP contribution in [0.5, 0.6) is 0 Å². The highest BCUT2D eigenvalue weighted by atomic mass is 16.3. The summed E-state index contributed by atoms with van der Waals surface area (Å²) in [5.41, 5.74) is 1.37. The number of aromatic nitrogens is 2. The van der Waals surface area contributed by atoms with E-state index in [4.69, 9.17) is 0 Å². The molecule has 2 aromatic rings. The molecule has 0 radical (unpaired) electrons. The molecule has 1 aromatic heterocycles. The third kappa shape index (κ3) is 2.62. The van der Waals surface area contributed by atoms with Crippen molar-refractivity contribution in [2.45, 2.75) is 25.5 Å². The maximum Gasteiger partial charge on any atom is 0.0994 e. The van der Waals surface area contributed by atoms with Crippen LogP contribution in [0, 0.1) is 6.92 Å². The maximum atomic E-state index is 10.6. The Hall–Kier alpha value is -1.65. The first kappa shape index (κ1) is 13.3. The van der Waals surface area contributed by atoms with Crippen LogP contribution in [0.2, 0.25) is 0 Å². The number of rotatable bonds is 4. The van der Waals surface area contributed by atoms with Crippen molar-refractivity contribution in [1.82, 2.24) is 14.7 Å². The van der Waals surface area contributed by atoms with Gasteiger partial charge in [-0.3, -0.25) is 9.58 Å². The van der Waals surface area contributed by atoms with Crippen LogP contribution in [0.3, 0.4) is 0 Å². The molecule has 1 N–H and O–H groups in total. The largest absolute Gasteiger partial charge is 0.384 e. The van der Waals surface area contributed by atoms with Gasteiger partial charge < -0.3 is 5.11 Å². The van der Waals surface area contributed by atoms with Gasteiger partial charge in [-0.1, -0.05) is 30.3 Å². The number of likely N-dealkylation sites (tertiary alicyclic amines) is 1. The molecule has 4 heteroatoms. The summed E-state index contributed by atoms with van der Waals surface area (Å²) >= 11 is 0. The molecule has 1 atom stereocenters. The highest BCUT2D eigenvalue weighted by Gasteiger charge is 2.34. The molecule has 0 bridgehead atoms. The minimum absolute atomic E-state index is 0.440. The van der Waals surface area contributed by atoms with Gasteiger partial charge in [-0.25, -0.2) is 0 Å². The van der Waals surface area contributed by atoms with Crippen LogP contribution in [0.25, 0.3) is 0 Å². The summed E-state index contributed by atoms with van der Waals surface area (Å²) < 4.78 is 2.03. The van der Waals surface area contributed by atoms with Gasteiger partial charge in [0, 0.05) is 25.8 Å². The van der Waals surface area contributed by atoms with E-state index in [1.807, 2.05) is 48.1 Å². The summed E-state index contributed by atoms with van der Waals surface area (Å²) in [4.78, 5) is 2.27. The van der Waals surface area contributed by atoms with E-state index >= 15 is 0 Å². The summed E-state index contributed by atoms with van der Waals surface area (Å²) in [5, 5.41) is 15.0. The lowest BCUT2D eigenvalue weighted by molar-refractivity contribution is -0.0219. The monoisotopic (exact) mass is 271 g/mol. The van der Waals surface area contributed by atoms with E-state index in [1.165, 1.54) is 5.56 Å². The van der Waals surface area contributed by atoms with E-state index < -0.39 is 5.60 Å². The molecule has 0 saturated carbocycles. The topological polar surface area (TPSA) is 41.3 Å². The summed E-state index contributed by atoms with van der Waals surface area (Å²) in [5.74, 6) is 0. The molecule has 1 saturated heterocycles. The normalized spacial score (nSPS) is 19.6. The van der Waals surface area contributed by atoms with Crippen molar-refractivity contribution in [3.63, 3.8) is 0 Å². The predicted molar refractivity (Wildman–Crippen MR) is 78.5 cm³/mol. The van der Waals surface area contributed by atoms with Gasteiger partial charge >= 0.3 is 0 Å². The number of hydrogen-bond donors (Lipinski definition) is 1. The number of benzene rings is 1. The van der Waals surface area contributed by atoms with Crippen LogP contribution < -0.4 is 0 Å². The lowest BCUT2D eigenvalue weighted by atomic mass is 9.93. The fourth-order valence-corrected chi connectivity index (χ4v) is 2.80. The molecule has 20 heavy (non-hydrogen) atoms. The second kappa shape index (κ2) is 5.04. The molecular formula is C16H21N3O. The molecular weight excluding hydrogens is 250 g/mol. The minimum Gasteiger partial charge on any atom is -0.384 e. The van der Waals surface area contributed by atoms with E-state index in [0.717, 1.165) is 18.7 Å². The molecule has 4 nitrogen and oxygen atoms in total. The van der Waals surface area contributed by atoms with Crippen molar-refractivity contribution in [3.8, 4) is 0 Å². The van der Waals surface area contributed by atoms with Crippen LogP contribution in [-0.2, 0) is 5.60 Å². The fourth-order valence-electron chi connectivity index (χ4n) is 2.80.